The lowest BCUT2D eigenvalue weighted by atomic mass is 10.1. The molecule has 1 unspecified atom stereocenters. The van der Waals surface area contributed by atoms with Crippen molar-refractivity contribution >= 4 is 34.7 Å². The largest absolute Gasteiger partial charge is 0.465 e. The number of hydrogen-bond acceptors (Lipinski definition) is 7. The summed E-state index contributed by atoms with van der Waals surface area (Å²) in [6, 6.07) is 0. The third-order valence-corrected chi connectivity index (χ3v) is 3.27. The Hall–Kier alpha value is -1.93. The first kappa shape index (κ1) is 15.5. The second-order valence-electron chi connectivity index (χ2n) is 4.62. The van der Waals surface area contributed by atoms with Crippen LogP contribution in [0.5, 0.6) is 0 Å². The number of nitrogens with two attached hydrogens (primary N) is 1. The van der Waals surface area contributed by atoms with Gasteiger partial charge in [-0.25, -0.2) is 4.98 Å². The minimum atomic E-state index is -0.367. The summed E-state index contributed by atoms with van der Waals surface area (Å²) in [5.74, 6) is -0.450. The van der Waals surface area contributed by atoms with E-state index in [0.717, 1.165) is 0 Å². The number of aliphatic hydroxyl groups is 1. The van der Waals surface area contributed by atoms with Gasteiger partial charge in [0.1, 0.15) is 5.52 Å². The monoisotopic (exact) mass is 313 g/mol. The summed E-state index contributed by atoms with van der Waals surface area (Å²) in [4.78, 5) is 22.8. The zero-order valence-electron chi connectivity index (χ0n) is 11.5. The lowest BCUT2D eigenvalue weighted by Crippen LogP contribution is -2.18. The molecular formula is C12H16ClN5O3. The summed E-state index contributed by atoms with van der Waals surface area (Å²) in [7, 11) is 0. The van der Waals surface area contributed by atoms with Crippen LogP contribution in [0.25, 0.3) is 11.2 Å². The number of carbonyl (C=O) groups is 1. The lowest BCUT2D eigenvalue weighted by molar-refractivity contribution is -0.142. The Kier molecular flexibility index (Phi) is 4.92. The van der Waals surface area contributed by atoms with E-state index >= 15 is 0 Å². The van der Waals surface area contributed by atoms with Gasteiger partial charge >= 0.3 is 5.97 Å². The molecule has 3 N–H and O–H groups in total. The van der Waals surface area contributed by atoms with Gasteiger partial charge in [-0.1, -0.05) is 11.6 Å². The number of halogens is 1. The summed E-state index contributed by atoms with van der Waals surface area (Å²) in [6.45, 7) is 1.97. The van der Waals surface area contributed by atoms with Crippen molar-refractivity contribution in [3.8, 4) is 0 Å². The molecule has 0 amide bonds. The van der Waals surface area contributed by atoms with Crippen LogP contribution < -0.4 is 5.73 Å². The van der Waals surface area contributed by atoms with Crippen LogP contribution in [-0.4, -0.2) is 43.8 Å². The lowest BCUT2D eigenvalue weighted by Gasteiger charge is -2.14. The Morgan fingerprint density at radius 1 is 1.57 bits per heavy atom. The van der Waals surface area contributed by atoms with Gasteiger partial charge in [-0.05, 0) is 6.42 Å². The number of nitrogen functional groups attached to an aromatic ring is 1. The molecule has 2 aromatic rings. The molecule has 114 valence electrons. The number of aromatic nitrogens is 4. The van der Waals surface area contributed by atoms with Crippen LogP contribution in [0.2, 0.25) is 5.15 Å². The van der Waals surface area contributed by atoms with Gasteiger partial charge in [0.25, 0.3) is 0 Å². The maximum atomic E-state index is 10.8. The van der Waals surface area contributed by atoms with Gasteiger partial charge in [0, 0.05) is 26.0 Å². The molecule has 0 aromatic carbocycles. The van der Waals surface area contributed by atoms with Crippen molar-refractivity contribution in [1.82, 2.24) is 19.5 Å². The number of fused-ring (bicyclic) bond motifs is 1. The normalized spacial score (nSPS) is 12.5. The highest BCUT2D eigenvalue weighted by molar-refractivity contribution is 6.33. The molecule has 2 aromatic heterocycles. The first-order valence-corrected chi connectivity index (χ1v) is 6.77. The van der Waals surface area contributed by atoms with Crippen molar-refractivity contribution in [2.24, 2.45) is 5.92 Å². The first-order valence-electron chi connectivity index (χ1n) is 6.39. The number of rotatable bonds is 6. The van der Waals surface area contributed by atoms with Gasteiger partial charge in [-0.3, -0.25) is 4.79 Å². The number of anilines is 1. The molecule has 0 radical (unpaired) electrons. The molecule has 2 heterocycles. The predicted octanol–water partition coefficient (Wildman–Crippen LogP) is 0.624. The van der Waals surface area contributed by atoms with Crippen LogP contribution in [0, 0.1) is 5.92 Å². The number of imidazole rings is 1. The molecule has 0 aliphatic rings. The molecule has 9 heteroatoms. The molecule has 0 aliphatic heterocycles. The number of hydrogen-bond donors (Lipinski definition) is 2. The zero-order chi connectivity index (χ0) is 15.4. The van der Waals surface area contributed by atoms with E-state index in [4.69, 9.17) is 22.1 Å². The fraction of sp³-hybridized carbons (Fsp3) is 0.500. The summed E-state index contributed by atoms with van der Waals surface area (Å²) < 4.78 is 6.69. The van der Waals surface area contributed by atoms with Crippen molar-refractivity contribution in [1.29, 1.82) is 0 Å². The van der Waals surface area contributed by atoms with Crippen molar-refractivity contribution in [3.63, 3.8) is 0 Å². The van der Waals surface area contributed by atoms with Gasteiger partial charge in [-0.2, -0.15) is 9.97 Å². The standard InChI is InChI=1S/C12H16ClN5O3/c1-7(20)21-5-8(4-19)2-3-18-6-15-11-9(18)10(13)16-12(14)17-11/h6,8,19H,2-5H2,1H3,(H2,14,16,17). The Morgan fingerprint density at radius 2 is 2.33 bits per heavy atom. The van der Waals surface area contributed by atoms with E-state index in [0.29, 0.717) is 24.1 Å². The molecule has 0 saturated heterocycles. The van der Waals surface area contributed by atoms with Crippen molar-refractivity contribution in [3.05, 3.63) is 11.5 Å². The van der Waals surface area contributed by atoms with Gasteiger partial charge in [0.2, 0.25) is 5.95 Å². The number of aliphatic hydroxyl groups excluding tert-OH is 1. The molecule has 2 rings (SSSR count). The van der Waals surface area contributed by atoms with Crippen molar-refractivity contribution in [2.45, 2.75) is 19.9 Å². The van der Waals surface area contributed by atoms with Crippen LogP contribution in [0.3, 0.4) is 0 Å². The van der Waals surface area contributed by atoms with Crippen molar-refractivity contribution in [2.75, 3.05) is 18.9 Å². The van der Waals surface area contributed by atoms with Gasteiger partial charge in [0.05, 0.1) is 12.9 Å². The van der Waals surface area contributed by atoms with Gasteiger partial charge in [-0.15, -0.1) is 0 Å². The van der Waals surface area contributed by atoms with Crippen LogP contribution in [-0.2, 0) is 16.1 Å². The third-order valence-electron chi connectivity index (χ3n) is 3.01. The van der Waals surface area contributed by atoms with E-state index in [1.54, 1.807) is 10.9 Å². The third kappa shape index (κ3) is 3.79. The maximum Gasteiger partial charge on any atom is 0.302 e. The van der Waals surface area contributed by atoms with E-state index in [1.165, 1.54) is 6.92 Å². The summed E-state index contributed by atoms with van der Waals surface area (Å²) in [6.07, 6.45) is 2.18. The highest BCUT2D eigenvalue weighted by Crippen LogP contribution is 2.21. The SMILES string of the molecule is CC(=O)OCC(CO)CCn1cnc2nc(N)nc(Cl)c21. The smallest absolute Gasteiger partial charge is 0.302 e. The van der Waals surface area contributed by atoms with E-state index in [9.17, 15) is 9.90 Å². The van der Waals surface area contributed by atoms with Crippen LogP contribution in [0.15, 0.2) is 6.33 Å². The quantitative estimate of drug-likeness (QED) is 0.593. The molecule has 0 fully saturated rings. The summed E-state index contributed by atoms with van der Waals surface area (Å²) in [5.41, 5.74) is 6.52. The Morgan fingerprint density at radius 3 is 3.00 bits per heavy atom. The predicted molar refractivity (Wildman–Crippen MR) is 76.6 cm³/mol. The van der Waals surface area contributed by atoms with E-state index in [1.807, 2.05) is 0 Å². The first-order chi connectivity index (χ1) is 10.0. The molecule has 0 aliphatic carbocycles. The topological polar surface area (TPSA) is 116 Å². The molecule has 21 heavy (non-hydrogen) atoms. The van der Waals surface area contributed by atoms with Crippen LogP contribution in [0.4, 0.5) is 5.95 Å². The van der Waals surface area contributed by atoms with Crippen molar-refractivity contribution < 1.29 is 14.6 Å². The average Bonchev–Trinajstić information content (AvgIpc) is 2.82. The Balaban J connectivity index is 2.07. The minimum Gasteiger partial charge on any atom is -0.465 e. The molecule has 0 saturated carbocycles. The molecular weight excluding hydrogens is 298 g/mol. The van der Waals surface area contributed by atoms with Gasteiger partial charge in [0.15, 0.2) is 10.8 Å². The highest BCUT2D eigenvalue weighted by Gasteiger charge is 2.14. The van der Waals surface area contributed by atoms with E-state index in [2.05, 4.69) is 15.0 Å². The van der Waals surface area contributed by atoms with Gasteiger partial charge < -0.3 is 20.1 Å². The molecule has 1 atom stereocenters. The number of carbonyl (C=O) groups excluding carboxylic acids is 1. The molecule has 0 bridgehead atoms. The number of nitrogens with zero attached hydrogens (tertiary/aromatic N) is 4. The Bertz CT molecular complexity index is 645. The number of ether oxygens (including phenoxy) is 1. The highest BCUT2D eigenvalue weighted by atomic mass is 35.5. The minimum absolute atomic E-state index is 0.0702. The summed E-state index contributed by atoms with van der Waals surface area (Å²) >= 11 is 6.05. The number of esters is 1. The van der Waals surface area contributed by atoms with Crippen LogP contribution in [0.1, 0.15) is 13.3 Å². The zero-order valence-corrected chi connectivity index (χ0v) is 12.2. The second-order valence-corrected chi connectivity index (χ2v) is 4.98. The average molecular weight is 314 g/mol. The second kappa shape index (κ2) is 6.68. The molecule has 0 spiro atoms. The van der Waals surface area contributed by atoms with Crippen LogP contribution >= 0.6 is 11.6 Å². The molecule has 8 nitrogen and oxygen atoms in total. The Labute approximate surface area is 125 Å². The van der Waals surface area contributed by atoms with E-state index in [-0.39, 0.29) is 36.2 Å². The fourth-order valence-electron chi connectivity index (χ4n) is 1.91. The maximum absolute atomic E-state index is 10.8. The van der Waals surface area contributed by atoms with E-state index < -0.39 is 0 Å². The fourth-order valence-corrected chi connectivity index (χ4v) is 2.18. The number of aryl methyl sites for hydroxylation is 1. The summed E-state index contributed by atoms with van der Waals surface area (Å²) in [5, 5.41) is 9.52.